The molecule has 2 amide bonds. The fourth-order valence-corrected chi connectivity index (χ4v) is 2.30. The zero-order chi connectivity index (χ0) is 17.5. The van der Waals surface area contributed by atoms with E-state index in [1.54, 1.807) is 7.05 Å². The molecule has 5 heteroatoms. The van der Waals surface area contributed by atoms with Crippen molar-refractivity contribution in [2.75, 3.05) is 25.5 Å². The Labute approximate surface area is 142 Å². The van der Waals surface area contributed by atoms with E-state index in [1.165, 1.54) is 10.5 Å². The summed E-state index contributed by atoms with van der Waals surface area (Å²) < 4.78 is 5.82. The first kappa shape index (κ1) is 17.8. The molecule has 0 aliphatic carbocycles. The number of amides is 2. The van der Waals surface area contributed by atoms with Crippen LogP contribution in [-0.4, -0.2) is 36.2 Å². The molecule has 0 bridgehead atoms. The molecule has 2 N–H and O–H groups in total. The number of ether oxygens (including phenoxy) is 1. The van der Waals surface area contributed by atoms with Gasteiger partial charge in [-0.2, -0.15) is 0 Å². The molecular formula is C19H24N2O3. The molecule has 0 aromatic heterocycles. The molecule has 5 nitrogen and oxygen atoms in total. The third-order valence-electron chi connectivity index (χ3n) is 3.71. The van der Waals surface area contributed by atoms with Crippen molar-refractivity contribution in [1.82, 2.24) is 4.90 Å². The standard InChI is InChI=1S/C19H24N2O3/c1-14-5-4-6-16(11-14)13-24-17-7-8-18(15(2)12-17)20-19(23)21(3)9-10-22/h4-8,11-12,22H,9-10,13H2,1-3H3,(H,20,23). The van der Waals surface area contributed by atoms with Crippen molar-refractivity contribution >= 4 is 11.7 Å². The van der Waals surface area contributed by atoms with Crippen LogP contribution in [0.15, 0.2) is 42.5 Å². The Bertz CT molecular complexity index is 701. The molecule has 128 valence electrons. The van der Waals surface area contributed by atoms with E-state index < -0.39 is 0 Å². The Morgan fingerprint density at radius 2 is 2.00 bits per heavy atom. The minimum Gasteiger partial charge on any atom is -0.489 e. The summed E-state index contributed by atoms with van der Waals surface area (Å²) in [5.41, 5.74) is 3.98. The first-order chi connectivity index (χ1) is 11.5. The van der Waals surface area contributed by atoms with E-state index in [0.717, 1.165) is 22.6 Å². The molecular weight excluding hydrogens is 304 g/mol. The van der Waals surface area contributed by atoms with E-state index in [2.05, 4.69) is 24.4 Å². The summed E-state index contributed by atoms with van der Waals surface area (Å²) >= 11 is 0. The topological polar surface area (TPSA) is 61.8 Å². The largest absolute Gasteiger partial charge is 0.489 e. The zero-order valence-electron chi connectivity index (χ0n) is 14.4. The van der Waals surface area contributed by atoms with Gasteiger partial charge in [-0.05, 0) is 43.2 Å². The number of urea groups is 1. The van der Waals surface area contributed by atoms with Crippen LogP contribution in [0.25, 0.3) is 0 Å². The van der Waals surface area contributed by atoms with Gasteiger partial charge in [0.05, 0.1) is 6.61 Å². The number of benzene rings is 2. The molecule has 0 aliphatic heterocycles. The first-order valence-corrected chi connectivity index (χ1v) is 7.91. The summed E-state index contributed by atoms with van der Waals surface area (Å²) in [5, 5.41) is 11.7. The molecule has 0 aliphatic rings. The molecule has 2 aromatic rings. The Hall–Kier alpha value is -2.53. The lowest BCUT2D eigenvalue weighted by Crippen LogP contribution is -2.33. The van der Waals surface area contributed by atoms with Crippen molar-refractivity contribution in [2.24, 2.45) is 0 Å². The minimum atomic E-state index is -0.249. The van der Waals surface area contributed by atoms with Gasteiger partial charge in [-0.3, -0.25) is 0 Å². The van der Waals surface area contributed by atoms with Crippen LogP contribution < -0.4 is 10.1 Å². The number of aryl methyl sites for hydroxylation is 2. The van der Waals surface area contributed by atoms with Crippen LogP contribution in [0.4, 0.5) is 10.5 Å². The summed E-state index contributed by atoms with van der Waals surface area (Å²) in [4.78, 5) is 13.4. The fourth-order valence-electron chi connectivity index (χ4n) is 2.30. The predicted octanol–water partition coefficient (Wildman–Crippen LogP) is 3.34. The monoisotopic (exact) mass is 328 g/mol. The van der Waals surface area contributed by atoms with Crippen molar-refractivity contribution in [1.29, 1.82) is 0 Å². The smallest absolute Gasteiger partial charge is 0.321 e. The van der Waals surface area contributed by atoms with Crippen LogP contribution in [0.3, 0.4) is 0 Å². The molecule has 2 aromatic carbocycles. The third-order valence-corrected chi connectivity index (χ3v) is 3.71. The number of carbonyl (C=O) groups is 1. The molecule has 0 heterocycles. The normalized spacial score (nSPS) is 10.3. The summed E-state index contributed by atoms with van der Waals surface area (Å²) in [6.07, 6.45) is 0. The molecule has 0 radical (unpaired) electrons. The lowest BCUT2D eigenvalue weighted by molar-refractivity contribution is 0.202. The van der Waals surface area contributed by atoms with E-state index in [1.807, 2.05) is 37.3 Å². The Morgan fingerprint density at radius 3 is 2.67 bits per heavy atom. The van der Waals surface area contributed by atoms with Gasteiger partial charge in [0.2, 0.25) is 0 Å². The minimum absolute atomic E-state index is 0.0609. The van der Waals surface area contributed by atoms with Crippen molar-refractivity contribution in [3.63, 3.8) is 0 Å². The molecule has 0 atom stereocenters. The molecule has 0 fully saturated rings. The van der Waals surface area contributed by atoms with Gasteiger partial charge in [0.1, 0.15) is 12.4 Å². The summed E-state index contributed by atoms with van der Waals surface area (Å²) in [6, 6.07) is 13.5. The van der Waals surface area contributed by atoms with Crippen molar-refractivity contribution in [2.45, 2.75) is 20.5 Å². The number of aliphatic hydroxyl groups is 1. The van der Waals surface area contributed by atoms with Crippen LogP contribution in [0.1, 0.15) is 16.7 Å². The highest BCUT2D eigenvalue weighted by Crippen LogP contribution is 2.22. The zero-order valence-corrected chi connectivity index (χ0v) is 14.4. The Morgan fingerprint density at radius 1 is 1.21 bits per heavy atom. The number of aliphatic hydroxyl groups excluding tert-OH is 1. The van der Waals surface area contributed by atoms with E-state index in [0.29, 0.717) is 13.2 Å². The number of rotatable bonds is 6. The number of carbonyl (C=O) groups excluding carboxylic acids is 1. The number of hydrogen-bond acceptors (Lipinski definition) is 3. The van der Waals surface area contributed by atoms with Crippen LogP contribution in [-0.2, 0) is 6.61 Å². The highest BCUT2D eigenvalue weighted by Gasteiger charge is 2.10. The average Bonchev–Trinajstić information content (AvgIpc) is 2.55. The number of likely N-dealkylation sites (N-methyl/N-ethyl adjacent to an activating group) is 1. The highest BCUT2D eigenvalue weighted by molar-refractivity contribution is 5.90. The van der Waals surface area contributed by atoms with Crippen molar-refractivity contribution in [3.8, 4) is 5.75 Å². The Balaban J connectivity index is 1.97. The van der Waals surface area contributed by atoms with Gasteiger partial charge in [0, 0.05) is 19.3 Å². The maximum Gasteiger partial charge on any atom is 0.321 e. The summed E-state index contributed by atoms with van der Waals surface area (Å²) in [7, 11) is 1.64. The van der Waals surface area contributed by atoms with Crippen LogP contribution in [0.2, 0.25) is 0 Å². The van der Waals surface area contributed by atoms with E-state index in [-0.39, 0.29) is 12.6 Å². The van der Waals surface area contributed by atoms with Crippen molar-refractivity contribution < 1.29 is 14.6 Å². The SMILES string of the molecule is Cc1cccc(COc2ccc(NC(=O)N(C)CCO)c(C)c2)c1. The Kier molecular flexibility index (Phi) is 6.21. The van der Waals surface area contributed by atoms with Gasteiger partial charge in [-0.1, -0.05) is 29.8 Å². The quantitative estimate of drug-likeness (QED) is 0.855. The first-order valence-electron chi connectivity index (χ1n) is 7.91. The van der Waals surface area contributed by atoms with Gasteiger partial charge in [0.15, 0.2) is 0 Å². The molecule has 2 rings (SSSR count). The van der Waals surface area contributed by atoms with Crippen LogP contribution in [0.5, 0.6) is 5.75 Å². The van der Waals surface area contributed by atoms with Gasteiger partial charge < -0.3 is 20.1 Å². The second-order valence-electron chi connectivity index (χ2n) is 5.83. The molecule has 0 unspecified atom stereocenters. The third kappa shape index (κ3) is 4.99. The van der Waals surface area contributed by atoms with Crippen molar-refractivity contribution in [3.05, 3.63) is 59.2 Å². The van der Waals surface area contributed by atoms with Gasteiger partial charge in [-0.25, -0.2) is 4.79 Å². The lowest BCUT2D eigenvalue weighted by Gasteiger charge is -2.18. The number of hydrogen-bond donors (Lipinski definition) is 2. The predicted molar refractivity (Wildman–Crippen MR) is 95.4 cm³/mol. The second kappa shape index (κ2) is 8.36. The maximum atomic E-state index is 12.0. The van der Waals surface area contributed by atoms with Crippen LogP contribution in [0, 0.1) is 13.8 Å². The number of nitrogens with zero attached hydrogens (tertiary/aromatic N) is 1. The lowest BCUT2D eigenvalue weighted by atomic mass is 10.1. The molecule has 0 saturated carbocycles. The summed E-state index contributed by atoms with van der Waals surface area (Å²) in [6.45, 7) is 4.71. The van der Waals surface area contributed by atoms with Gasteiger partial charge in [0.25, 0.3) is 0 Å². The number of anilines is 1. The van der Waals surface area contributed by atoms with E-state index in [9.17, 15) is 4.79 Å². The molecule has 0 spiro atoms. The molecule has 0 saturated heterocycles. The highest BCUT2D eigenvalue weighted by atomic mass is 16.5. The number of nitrogens with one attached hydrogen (secondary N) is 1. The maximum absolute atomic E-state index is 12.0. The van der Waals surface area contributed by atoms with Gasteiger partial charge in [-0.15, -0.1) is 0 Å². The summed E-state index contributed by atoms with van der Waals surface area (Å²) in [5.74, 6) is 0.760. The van der Waals surface area contributed by atoms with Crippen LogP contribution >= 0.6 is 0 Å². The van der Waals surface area contributed by atoms with Gasteiger partial charge >= 0.3 is 6.03 Å². The second-order valence-corrected chi connectivity index (χ2v) is 5.83. The fraction of sp³-hybridized carbons (Fsp3) is 0.316. The molecule has 24 heavy (non-hydrogen) atoms. The van der Waals surface area contributed by atoms with E-state index >= 15 is 0 Å². The average molecular weight is 328 g/mol. The van der Waals surface area contributed by atoms with E-state index in [4.69, 9.17) is 9.84 Å².